The van der Waals surface area contributed by atoms with E-state index in [0.29, 0.717) is 24.8 Å². The molecule has 6 heteroatoms. The van der Waals surface area contributed by atoms with E-state index in [0.717, 1.165) is 43.6 Å². The minimum atomic E-state index is -0.330. The maximum absolute atomic E-state index is 13.7. The fraction of sp³-hybridized carbons (Fsp3) is 0.500. The highest BCUT2D eigenvalue weighted by Gasteiger charge is 2.24. The zero-order valence-electron chi connectivity index (χ0n) is 13.6. The summed E-state index contributed by atoms with van der Waals surface area (Å²) >= 11 is 3.31. The van der Waals surface area contributed by atoms with Crippen LogP contribution in [0.25, 0.3) is 6.08 Å². The molecule has 2 aliphatic heterocycles. The Morgan fingerprint density at radius 3 is 2.83 bits per heavy atom. The summed E-state index contributed by atoms with van der Waals surface area (Å²) in [6, 6.07) is 4.69. The number of carbonyl (C=O) groups is 1. The van der Waals surface area contributed by atoms with Crippen molar-refractivity contribution < 1.29 is 13.9 Å². The molecule has 1 aromatic rings. The van der Waals surface area contributed by atoms with E-state index >= 15 is 0 Å². The lowest BCUT2D eigenvalue weighted by atomic mass is 10.2. The van der Waals surface area contributed by atoms with Gasteiger partial charge < -0.3 is 9.64 Å². The lowest BCUT2D eigenvalue weighted by molar-refractivity contribution is -0.127. The van der Waals surface area contributed by atoms with Crippen LogP contribution < -0.4 is 0 Å². The number of hydrogen-bond acceptors (Lipinski definition) is 3. The summed E-state index contributed by atoms with van der Waals surface area (Å²) in [4.78, 5) is 16.5. The molecule has 130 valence electrons. The van der Waals surface area contributed by atoms with Crippen molar-refractivity contribution >= 4 is 27.9 Å². The number of carbonyl (C=O) groups excluding carboxylic acids is 1. The number of ether oxygens (including phenoxy) is 1. The third-order valence-corrected chi connectivity index (χ3v) is 5.03. The lowest BCUT2D eigenvalue weighted by Gasteiger charge is -2.35. The van der Waals surface area contributed by atoms with Crippen LogP contribution in [-0.2, 0) is 9.53 Å². The number of piperazine rings is 1. The molecule has 0 N–H and O–H groups in total. The largest absolute Gasteiger partial charge is 0.377 e. The Bertz CT molecular complexity index is 609. The van der Waals surface area contributed by atoms with Gasteiger partial charge in [0, 0.05) is 55.4 Å². The molecule has 1 aromatic carbocycles. The maximum atomic E-state index is 13.7. The van der Waals surface area contributed by atoms with Gasteiger partial charge in [-0.15, -0.1) is 0 Å². The van der Waals surface area contributed by atoms with Gasteiger partial charge in [0.05, 0.1) is 6.10 Å². The van der Waals surface area contributed by atoms with E-state index in [1.165, 1.54) is 12.1 Å². The van der Waals surface area contributed by atoms with Gasteiger partial charge in [0.2, 0.25) is 5.91 Å². The predicted molar refractivity (Wildman–Crippen MR) is 95.1 cm³/mol. The molecule has 0 saturated carbocycles. The molecule has 2 heterocycles. The maximum Gasteiger partial charge on any atom is 0.246 e. The molecule has 2 fully saturated rings. The van der Waals surface area contributed by atoms with Crippen LogP contribution >= 0.6 is 15.9 Å². The number of hydrogen-bond donors (Lipinski definition) is 0. The Morgan fingerprint density at radius 2 is 2.12 bits per heavy atom. The van der Waals surface area contributed by atoms with Gasteiger partial charge in [-0.2, -0.15) is 0 Å². The fourth-order valence-electron chi connectivity index (χ4n) is 3.14. The third-order valence-electron chi connectivity index (χ3n) is 4.53. The van der Waals surface area contributed by atoms with Crippen LogP contribution in [0.3, 0.4) is 0 Å². The van der Waals surface area contributed by atoms with Gasteiger partial charge in [-0.05, 0) is 37.1 Å². The van der Waals surface area contributed by atoms with Crippen LogP contribution in [0, 0.1) is 5.82 Å². The summed E-state index contributed by atoms with van der Waals surface area (Å²) < 4.78 is 20.1. The molecule has 1 amide bonds. The molecule has 0 bridgehead atoms. The van der Waals surface area contributed by atoms with Crippen LogP contribution in [0.1, 0.15) is 18.4 Å². The standard InChI is InChI=1S/C18H22BrFN2O2/c19-15-4-5-17(20)14(12-15)3-6-18(23)22-9-7-21(8-10-22)13-16-2-1-11-24-16/h3-6,12,16H,1-2,7-11,13H2/b6-3+. The smallest absolute Gasteiger partial charge is 0.246 e. The lowest BCUT2D eigenvalue weighted by Crippen LogP contribution is -2.50. The van der Waals surface area contributed by atoms with E-state index in [2.05, 4.69) is 20.8 Å². The summed E-state index contributed by atoms with van der Waals surface area (Å²) in [5, 5.41) is 0. The predicted octanol–water partition coefficient (Wildman–Crippen LogP) is 2.92. The van der Waals surface area contributed by atoms with Gasteiger partial charge >= 0.3 is 0 Å². The minimum Gasteiger partial charge on any atom is -0.377 e. The van der Waals surface area contributed by atoms with E-state index in [9.17, 15) is 9.18 Å². The van der Waals surface area contributed by atoms with Gasteiger partial charge in [-0.25, -0.2) is 4.39 Å². The third kappa shape index (κ3) is 4.65. The van der Waals surface area contributed by atoms with E-state index < -0.39 is 0 Å². The molecule has 1 atom stereocenters. The highest BCUT2D eigenvalue weighted by Crippen LogP contribution is 2.17. The molecule has 0 aliphatic carbocycles. The second kappa shape index (κ2) is 8.23. The first-order valence-corrected chi connectivity index (χ1v) is 9.17. The molecule has 2 aliphatic rings. The van der Waals surface area contributed by atoms with Crippen LogP contribution in [0.15, 0.2) is 28.7 Å². The van der Waals surface area contributed by atoms with Gasteiger partial charge in [-0.3, -0.25) is 9.69 Å². The van der Waals surface area contributed by atoms with Crippen molar-refractivity contribution in [3.63, 3.8) is 0 Å². The van der Waals surface area contributed by atoms with Crippen LogP contribution in [0.5, 0.6) is 0 Å². The highest BCUT2D eigenvalue weighted by atomic mass is 79.9. The van der Waals surface area contributed by atoms with Gasteiger partial charge in [0.15, 0.2) is 0 Å². The topological polar surface area (TPSA) is 32.8 Å². The van der Waals surface area contributed by atoms with E-state index in [4.69, 9.17) is 4.74 Å². The molecule has 0 spiro atoms. The van der Waals surface area contributed by atoms with Crippen molar-refractivity contribution in [3.8, 4) is 0 Å². The molecule has 24 heavy (non-hydrogen) atoms. The van der Waals surface area contributed by atoms with E-state index in [1.54, 1.807) is 18.2 Å². The molecule has 2 saturated heterocycles. The average Bonchev–Trinajstić information content (AvgIpc) is 3.09. The Kier molecular flexibility index (Phi) is 6.03. The second-order valence-electron chi connectivity index (χ2n) is 6.26. The Labute approximate surface area is 150 Å². The summed E-state index contributed by atoms with van der Waals surface area (Å²) in [6.07, 6.45) is 5.65. The molecule has 0 aromatic heterocycles. The van der Waals surface area contributed by atoms with Crippen molar-refractivity contribution in [1.82, 2.24) is 9.80 Å². The first kappa shape index (κ1) is 17.6. The van der Waals surface area contributed by atoms with E-state index in [1.807, 2.05) is 4.90 Å². The van der Waals surface area contributed by atoms with Gasteiger partial charge in [0.25, 0.3) is 0 Å². The summed E-state index contributed by atoms with van der Waals surface area (Å²) in [7, 11) is 0. The van der Waals surface area contributed by atoms with Gasteiger partial charge in [-0.1, -0.05) is 15.9 Å². The normalized spacial score (nSPS) is 22.4. The van der Waals surface area contributed by atoms with Crippen molar-refractivity contribution in [3.05, 3.63) is 40.1 Å². The molecular weight excluding hydrogens is 375 g/mol. The van der Waals surface area contributed by atoms with Crippen molar-refractivity contribution in [1.29, 1.82) is 0 Å². The molecule has 0 radical (unpaired) electrons. The second-order valence-corrected chi connectivity index (χ2v) is 7.18. The van der Waals surface area contributed by atoms with E-state index in [-0.39, 0.29) is 11.7 Å². The summed E-state index contributed by atoms with van der Waals surface area (Å²) in [5.41, 5.74) is 0.412. The summed E-state index contributed by atoms with van der Waals surface area (Å²) in [5.74, 6) is -0.394. The average molecular weight is 397 g/mol. The quantitative estimate of drug-likeness (QED) is 0.733. The Hall–Kier alpha value is -1.24. The first-order valence-electron chi connectivity index (χ1n) is 8.38. The first-order chi connectivity index (χ1) is 11.6. The Morgan fingerprint density at radius 1 is 1.33 bits per heavy atom. The zero-order chi connectivity index (χ0) is 16.9. The van der Waals surface area contributed by atoms with Crippen molar-refractivity contribution in [2.75, 3.05) is 39.3 Å². The van der Waals surface area contributed by atoms with Crippen molar-refractivity contribution in [2.45, 2.75) is 18.9 Å². The zero-order valence-corrected chi connectivity index (χ0v) is 15.2. The molecule has 4 nitrogen and oxygen atoms in total. The molecular formula is C18H22BrFN2O2. The van der Waals surface area contributed by atoms with Crippen molar-refractivity contribution in [2.24, 2.45) is 0 Å². The van der Waals surface area contributed by atoms with Crippen LogP contribution in [-0.4, -0.2) is 61.1 Å². The minimum absolute atomic E-state index is 0.0638. The SMILES string of the molecule is O=C(/C=C/c1cc(Br)ccc1F)N1CCN(CC2CCCO2)CC1. The molecule has 3 rings (SSSR count). The number of nitrogens with zero attached hydrogens (tertiary/aromatic N) is 2. The number of halogens is 2. The number of rotatable bonds is 4. The fourth-order valence-corrected chi connectivity index (χ4v) is 3.51. The Balaban J connectivity index is 1.49. The number of amides is 1. The molecule has 1 unspecified atom stereocenters. The van der Waals surface area contributed by atoms with Crippen LogP contribution in [0.2, 0.25) is 0 Å². The summed E-state index contributed by atoms with van der Waals surface area (Å²) in [6.45, 7) is 4.98. The number of benzene rings is 1. The van der Waals surface area contributed by atoms with Gasteiger partial charge in [0.1, 0.15) is 5.82 Å². The monoisotopic (exact) mass is 396 g/mol. The van der Waals surface area contributed by atoms with Crippen LogP contribution in [0.4, 0.5) is 4.39 Å². The highest BCUT2D eigenvalue weighted by molar-refractivity contribution is 9.10.